The first-order valence-corrected chi connectivity index (χ1v) is 4.67. The van der Waals surface area contributed by atoms with Gasteiger partial charge in [0.05, 0.1) is 6.04 Å². The smallest absolute Gasteiger partial charge is 0.284 e. The van der Waals surface area contributed by atoms with Crippen molar-refractivity contribution in [2.45, 2.75) is 46.3 Å². The van der Waals surface area contributed by atoms with Crippen molar-refractivity contribution in [1.29, 1.82) is 0 Å². The van der Waals surface area contributed by atoms with Gasteiger partial charge in [0.15, 0.2) is 11.8 Å². The van der Waals surface area contributed by atoms with Gasteiger partial charge in [-0.2, -0.15) is 0 Å². The van der Waals surface area contributed by atoms with Crippen LogP contribution in [0.25, 0.3) is 0 Å². The first-order chi connectivity index (χ1) is 5.88. The SMILES string of the molecule is CC(C)[n+]1ccn(OC(C)(C)C)c1. The second-order valence-electron chi connectivity index (χ2n) is 4.52. The number of hydrogen-bond donors (Lipinski definition) is 0. The molecule has 74 valence electrons. The van der Waals surface area contributed by atoms with Crippen molar-refractivity contribution in [3.8, 4) is 0 Å². The molecule has 0 spiro atoms. The van der Waals surface area contributed by atoms with E-state index in [1.807, 2.05) is 39.5 Å². The highest BCUT2D eigenvalue weighted by atomic mass is 16.7. The Morgan fingerprint density at radius 1 is 1.31 bits per heavy atom. The van der Waals surface area contributed by atoms with Crippen molar-refractivity contribution >= 4 is 0 Å². The van der Waals surface area contributed by atoms with Gasteiger partial charge in [0.2, 0.25) is 0 Å². The Balaban J connectivity index is 2.70. The molecule has 0 N–H and O–H groups in total. The Kier molecular flexibility index (Phi) is 2.64. The van der Waals surface area contributed by atoms with Gasteiger partial charge in [-0.1, -0.05) is 4.73 Å². The summed E-state index contributed by atoms with van der Waals surface area (Å²) in [5.74, 6) is 0. The Labute approximate surface area is 79.9 Å². The Bertz CT molecular complexity index is 271. The number of rotatable bonds is 2. The van der Waals surface area contributed by atoms with E-state index in [-0.39, 0.29) is 5.60 Å². The maximum absolute atomic E-state index is 5.63. The van der Waals surface area contributed by atoms with Gasteiger partial charge in [0.25, 0.3) is 6.33 Å². The predicted molar refractivity (Wildman–Crippen MR) is 51.3 cm³/mol. The molecule has 0 bridgehead atoms. The van der Waals surface area contributed by atoms with Gasteiger partial charge in [-0.15, -0.1) is 0 Å². The van der Waals surface area contributed by atoms with Crippen LogP contribution < -0.4 is 9.40 Å². The van der Waals surface area contributed by atoms with Crippen molar-refractivity contribution in [2.24, 2.45) is 0 Å². The summed E-state index contributed by atoms with van der Waals surface area (Å²) in [4.78, 5) is 5.63. The maximum atomic E-state index is 5.63. The zero-order valence-electron chi connectivity index (χ0n) is 9.11. The van der Waals surface area contributed by atoms with Crippen molar-refractivity contribution < 1.29 is 9.40 Å². The van der Waals surface area contributed by atoms with Crippen LogP contribution in [0.3, 0.4) is 0 Å². The highest BCUT2D eigenvalue weighted by Gasteiger charge is 2.17. The van der Waals surface area contributed by atoms with Gasteiger partial charge in [0.1, 0.15) is 6.20 Å². The van der Waals surface area contributed by atoms with E-state index in [0.717, 1.165) is 0 Å². The predicted octanol–water partition coefficient (Wildman–Crippen LogP) is 1.58. The van der Waals surface area contributed by atoms with Gasteiger partial charge in [-0.05, 0) is 34.6 Å². The minimum absolute atomic E-state index is 0.145. The number of nitrogens with zero attached hydrogens (tertiary/aromatic N) is 2. The van der Waals surface area contributed by atoms with Crippen LogP contribution >= 0.6 is 0 Å². The van der Waals surface area contributed by atoms with Crippen LogP contribution in [0.2, 0.25) is 0 Å². The van der Waals surface area contributed by atoms with Gasteiger partial charge in [-0.25, -0.2) is 4.57 Å². The topological polar surface area (TPSA) is 18.0 Å². The van der Waals surface area contributed by atoms with Crippen molar-refractivity contribution in [1.82, 2.24) is 4.73 Å². The minimum atomic E-state index is -0.145. The molecule has 3 heteroatoms. The lowest BCUT2D eigenvalue weighted by Gasteiger charge is -2.15. The second kappa shape index (κ2) is 3.40. The van der Waals surface area contributed by atoms with E-state index in [0.29, 0.717) is 6.04 Å². The fourth-order valence-electron chi connectivity index (χ4n) is 1.03. The summed E-state index contributed by atoms with van der Waals surface area (Å²) in [5.41, 5.74) is -0.145. The lowest BCUT2D eigenvalue weighted by molar-refractivity contribution is -0.716. The molecule has 0 aliphatic heterocycles. The van der Waals surface area contributed by atoms with Crippen LogP contribution in [0.15, 0.2) is 18.7 Å². The number of hydrogen-bond acceptors (Lipinski definition) is 1. The van der Waals surface area contributed by atoms with Crippen LogP contribution in [0.4, 0.5) is 0 Å². The molecule has 1 heterocycles. The molecule has 0 unspecified atom stereocenters. The highest BCUT2D eigenvalue weighted by molar-refractivity contribution is 4.66. The quantitative estimate of drug-likeness (QED) is 0.637. The molecule has 0 amide bonds. The van der Waals surface area contributed by atoms with Crippen LogP contribution in [0.5, 0.6) is 0 Å². The van der Waals surface area contributed by atoms with E-state index in [1.54, 1.807) is 4.73 Å². The lowest BCUT2D eigenvalue weighted by Crippen LogP contribution is -2.36. The van der Waals surface area contributed by atoms with Gasteiger partial charge >= 0.3 is 0 Å². The normalized spacial score (nSPS) is 12.2. The number of aromatic nitrogens is 2. The average molecular weight is 183 g/mol. The molecular weight excluding hydrogens is 164 g/mol. The van der Waals surface area contributed by atoms with Crippen molar-refractivity contribution in [2.75, 3.05) is 0 Å². The zero-order chi connectivity index (χ0) is 10.1. The molecule has 13 heavy (non-hydrogen) atoms. The average Bonchev–Trinajstić information content (AvgIpc) is 2.31. The summed E-state index contributed by atoms with van der Waals surface area (Å²) in [6.07, 6.45) is 5.89. The van der Waals surface area contributed by atoms with Crippen LogP contribution in [-0.2, 0) is 0 Å². The summed E-state index contributed by atoms with van der Waals surface area (Å²) >= 11 is 0. The van der Waals surface area contributed by atoms with E-state index in [9.17, 15) is 0 Å². The molecule has 1 aromatic rings. The van der Waals surface area contributed by atoms with Crippen molar-refractivity contribution in [3.05, 3.63) is 18.7 Å². The van der Waals surface area contributed by atoms with E-state index in [4.69, 9.17) is 4.84 Å². The third kappa shape index (κ3) is 3.09. The van der Waals surface area contributed by atoms with Crippen LogP contribution in [-0.4, -0.2) is 10.3 Å². The second-order valence-corrected chi connectivity index (χ2v) is 4.52. The first kappa shape index (κ1) is 10.1. The molecular formula is C10H19N2O+. The summed E-state index contributed by atoms with van der Waals surface area (Å²) in [6.45, 7) is 10.4. The van der Waals surface area contributed by atoms with Gasteiger partial charge in [0, 0.05) is 0 Å². The Hall–Kier alpha value is -0.990. The molecule has 0 saturated heterocycles. The molecule has 0 fully saturated rings. The molecule has 1 rings (SSSR count). The summed E-state index contributed by atoms with van der Waals surface area (Å²) in [6, 6.07) is 0.477. The molecule has 0 atom stereocenters. The summed E-state index contributed by atoms with van der Waals surface area (Å²) < 4.78 is 3.85. The summed E-state index contributed by atoms with van der Waals surface area (Å²) in [5, 5.41) is 0. The minimum Gasteiger partial charge on any atom is -0.330 e. The van der Waals surface area contributed by atoms with E-state index < -0.39 is 0 Å². The standard InChI is InChI=1S/C10H19N2O/c1-9(2)11-6-7-12(8-11)13-10(3,4)5/h6-9H,1-5H3/q+1. The molecule has 0 aromatic carbocycles. The van der Waals surface area contributed by atoms with E-state index in [1.165, 1.54) is 0 Å². The monoisotopic (exact) mass is 183 g/mol. The maximum Gasteiger partial charge on any atom is 0.284 e. The lowest BCUT2D eigenvalue weighted by atomic mass is 10.2. The highest BCUT2D eigenvalue weighted by Crippen LogP contribution is 2.02. The summed E-state index contributed by atoms with van der Waals surface area (Å²) in [7, 11) is 0. The van der Waals surface area contributed by atoms with Crippen LogP contribution in [0, 0.1) is 0 Å². The molecule has 0 radical (unpaired) electrons. The van der Waals surface area contributed by atoms with Gasteiger partial charge < -0.3 is 4.84 Å². The fraction of sp³-hybridized carbons (Fsp3) is 0.700. The molecule has 3 nitrogen and oxygen atoms in total. The zero-order valence-corrected chi connectivity index (χ0v) is 9.11. The van der Waals surface area contributed by atoms with Gasteiger partial charge in [-0.3, -0.25) is 0 Å². The Morgan fingerprint density at radius 2 is 1.92 bits per heavy atom. The van der Waals surface area contributed by atoms with E-state index >= 15 is 0 Å². The molecule has 0 aliphatic carbocycles. The number of imidazole rings is 1. The third-order valence-electron chi connectivity index (χ3n) is 1.61. The Morgan fingerprint density at radius 3 is 2.31 bits per heavy atom. The fourth-order valence-corrected chi connectivity index (χ4v) is 1.03. The molecule has 0 aliphatic rings. The third-order valence-corrected chi connectivity index (χ3v) is 1.61. The first-order valence-electron chi connectivity index (χ1n) is 4.67. The molecule has 1 aromatic heterocycles. The molecule has 0 saturated carbocycles. The largest absolute Gasteiger partial charge is 0.330 e. The van der Waals surface area contributed by atoms with Crippen molar-refractivity contribution in [3.63, 3.8) is 0 Å². The van der Waals surface area contributed by atoms with Crippen LogP contribution in [0.1, 0.15) is 40.7 Å². The van der Waals surface area contributed by atoms with E-state index in [2.05, 4.69) is 18.4 Å².